The van der Waals surface area contributed by atoms with Crippen molar-refractivity contribution in [3.8, 4) is 117 Å². The molecule has 3 heterocycles. The van der Waals surface area contributed by atoms with Gasteiger partial charge in [-0.3, -0.25) is 0 Å². The SMILES string of the molecule is [C-]#[N+]c1c(C2c3ccc(-c4ccccc4)cc3-c3cc(-c4ccccc4)ccc32)c(-n2c3ccc(-c4ccccc4)cc3c3cc(-c4ccccc4)ccc32)c([N+]#[C-])c(-n2c3ccc(-c4ccccc4)cc3c3cc(-c4ccccc4)ccc32)c1-n1c2ccc(-c3ccccc3)cc2c2cc(-c3ccccc3)ccc21. The highest BCUT2D eigenvalue weighted by molar-refractivity contribution is 6.18. The number of hydrogen-bond acceptors (Lipinski definition) is 0. The first-order valence-electron chi connectivity index (χ1n) is 37.5. The molecule has 0 saturated carbocycles. The Kier molecular flexibility index (Phi) is 15.0. The molecule has 21 rings (SSSR count). The first kappa shape index (κ1) is 63.6. The van der Waals surface area contributed by atoms with E-state index in [2.05, 4.69) is 402 Å². The predicted molar refractivity (Wildman–Crippen MR) is 458 cm³/mol. The molecule has 3 aromatic heterocycles. The van der Waals surface area contributed by atoms with Crippen molar-refractivity contribution in [3.63, 3.8) is 0 Å². The molecule has 5 nitrogen and oxygen atoms in total. The Labute approximate surface area is 637 Å². The van der Waals surface area contributed by atoms with Crippen LogP contribution in [-0.2, 0) is 0 Å². The van der Waals surface area contributed by atoms with Crippen molar-refractivity contribution in [1.82, 2.24) is 13.7 Å². The predicted octanol–water partition coefficient (Wildman–Crippen LogP) is 28.6. The van der Waals surface area contributed by atoms with Gasteiger partial charge in [-0.25, -0.2) is 9.69 Å². The Balaban J connectivity index is 0.986. The molecular formula is C105H65N5. The summed E-state index contributed by atoms with van der Waals surface area (Å²) < 4.78 is 7.11. The molecule has 0 fully saturated rings. The number of hydrogen-bond donors (Lipinski definition) is 0. The van der Waals surface area contributed by atoms with Gasteiger partial charge in [-0.1, -0.05) is 303 Å². The van der Waals surface area contributed by atoms with E-state index >= 15 is 0 Å². The maximum absolute atomic E-state index is 10.7. The first-order valence-corrected chi connectivity index (χ1v) is 37.5. The van der Waals surface area contributed by atoms with E-state index in [0.717, 1.165) is 182 Å². The van der Waals surface area contributed by atoms with Crippen LogP contribution in [0.5, 0.6) is 0 Å². The van der Waals surface area contributed by atoms with Crippen LogP contribution < -0.4 is 0 Å². The standard InChI is InChI=1S/C105H65N5/c1-106-101-100(99-83-51-43-75(67-27-11-3-12-28-67)59-85(83)86-60-76(44-52-84(86)99)68-29-13-4-14-30-68)103(108-93-53-45-77(69-31-15-5-16-32-69)61-87(93)88-62-78(46-54-94(88)108)70-33-17-6-18-34-70)102(107-2)105(110-97-57-49-81(73-39-23-9-24-40-73)65-91(97)92-66-82(50-58-98(92)110)74-41-25-10-26-42-74)104(101)109-95-55-47-79(71-35-19-7-20-36-71)63-89(95)90-64-80(48-56-96(90)109)72-37-21-8-22-38-72/h3-66,99H. The fourth-order valence-corrected chi connectivity index (χ4v) is 17.7. The van der Waals surface area contributed by atoms with E-state index in [-0.39, 0.29) is 0 Å². The summed E-state index contributed by atoms with van der Waals surface area (Å²) in [6, 6.07) is 140. The summed E-state index contributed by atoms with van der Waals surface area (Å²) in [6.45, 7) is 21.4. The summed E-state index contributed by atoms with van der Waals surface area (Å²) in [7, 11) is 0. The molecule has 1 aliphatic carbocycles. The molecule has 0 N–H and O–H groups in total. The zero-order chi connectivity index (χ0) is 72.9. The Morgan fingerprint density at radius 1 is 0.191 bits per heavy atom. The van der Waals surface area contributed by atoms with Crippen molar-refractivity contribution in [3.05, 3.63) is 428 Å². The van der Waals surface area contributed by atoms with Crippen LogP contribution in [0.3, 0.4) is 0 Å². The van der Waals surface area contributed by atoms with Crippen LogP contribution in [0, 0.1) is 13.1 Å². The minimum Gasteiger partial charge on any atom is -0.320 e. The molecule has 0 spiro atoms. The van der Waals surface area contributed by atoms with Gasteiger partial charge in [0.15, 0.2) is 0 Å². The van der Waals surface area contributed by atoms with E-state index in [0.29, 0.717) is 28.4 Å². The highest BCUT2D eigenvalue weighted by Crippen LogP contribution is 2.60. The van der Waals surface area contributed by atoms with Gasteiger partial charge < -0.3 is 13.7 Å². The van der Waals surface area contributed by atoms with Gasteiger partial charge in [0.05, 0.1) is 57.6 Å². The quantitative estimate of drug-likeness (QED) is 0.109. The molecule has 0 bridgehead atoms. The van der Waals surface area contributed by atoms with Gasteiger partial charge in [0.25, 0.3) is 0 Å². The van der Waals surface area contributed by atoms with Gasteiger partial charge in [-0.05, 0) is 202 Å². The number of fused-ring (bicyclic) bond motifs is 12. The van der Waals surface area contributed by atoms with Gasteiger partial charge in [0, 0.05) is 43.9 Å². The van der Waals surface area contributed by atoms with E-state index in [1.165, 1.54) is 0 Å². The molecule has 510 valence electrons. The average molecular weight is 1400 g/mol. The summed E-state index contributed by atoms with van der Waals surface area (Å²) >= 11 is 0. The summed E-state index contributed by atoms with van der Waals surface area (Å²) in [5.41, 5.74) is 30.4. The van der Waals surface area contributed by atoms with Crippen LogP contribution in [0.15, 0.2) is 388 Å². The number of benzene rings is 17. The molecule has 110 heavy (non-hydrogen) atoms. The summed E-state index contributed by atoms with van der Waals surface area (Å²) in [6.07, 6.45) is 0. The molecule has 0 aliphatic heterocycles. The van der Waals surface area contributed by atoms with E-state index in [1.807, 2.05) is 0 Å². The smallest absolute Gasteiger partial charge is 0.233 e. The minimum atomic E-state index is -0.607. The van der Waals surface area contributed by atoms with Gasteiger partial charge >= 0.3 is 0 Å². The third kappa shape index (κ3) is 10.3. The van der Waals surface area contributed by atoms with Crippen molar-refractivity contribution in [2.24, 2.45) is 0 Å². The molecule has 0 atom stereocenters. The number of rotatable bonds is 12. The normalized spacial score (nSPS) is 11.9. The van der Waals surface area contributed by atoms with Crippen LogP contribution in [0.25, 0.3) is 192 Å². The minimum absolute atomic E-state index is 0.396. The molecule has 0 radical (unpaired) electrons. The zero-order valence-corrected chi connectivity index (χ0v) is 59.8. The molecular weight excluding hydrogens is 1330 g/mol. The van der Waals surface area contributed by atoms with Gasteiger partial charge in [-0.15, -0.1) is 0 Å². The Morgan fingerprint density at radius 3 is 0.618 bits per heavy atom. The summed E-state index contributed by atoms with van der Waals surface area (Å²) in [5.74, 6) is -0.607. The topological polar surface area (TPSA) is 23.5 Å². The van der Waals surface area contributed by atoms with Crippen LogP contribution in [-0.4, -0.2) is 13.7 Å². The average Bonchev–Trinajstić information content (AvgIpc) is 1.48. The molecule has 1 aliphatic rings. The molecule has 0 unspecified atom stereocenters. The Hall–Kier alpha value is -14.9. The van der Waals surface area contributed by atoms with Crippen molar-refractivity contribution < 1.29 is 0 Å². The van der Waals surface area contributed by atoms with E-state index in [9.17, 15) is 13.1 Å². The van der Waals surface area contributed by atoms with Crippen molar-refractivity contribution in [2.75, 3.05) is 0 Å². The second kappa shape index (κ2) is 26.0. The second-order valence-corrected chi connectivity index (χ2v) is 28.7. The monoisotopic (exact) mass is 1400 g/mol. The lowest BCUT2D eigenvalue weighted by atomic mass is 9.84. The molecule has 17 aromatic carbocycles. The van der Waals surface area contributed by atoms with Crippen molar-refractivity contribution in [2.45, 2.75) is 5.92 Å². The second-order valence-electron chi connectivity index (χ2n) is 28.7. The summed E-state index contributed by atoms with van der Waals surface area (Å²) in [5, 5.41) is 6.10. The fraction of sp³-hybridized carbons (Fsp3) is 0.00952. The fourth-order valence-electron chi connectivity index (χ4n) is 17.7. The number of nitrogens with zero attached hydrogens (tertiary/aromatic N) is 5. The molecule has 0 amide bonds. The lowest BCUT2D eigenvalue weighted by molar-refractivity contribution is 0.978. The Morgan fingerprint density at radius 2 is 0.391 bits per heavy atom. The van der Waals surface area contributed by atoms with Crippen LogP contribution in [0.1, 0.15) is 22.6 Å². The van der Waals surface area contributed by atoms with Gasteiger partial charge in [0.2, 0.25) is 11.4 Å². The molecule has 5 heteroatoms. The zero-order valence-electron chi connectivity index (χ0n) is 59.8. The largest absolute Gasteiger partial charge is 0.320 e. The highest BCUT2D eigenvalue weighted by atomic mass is 15.1. The third-order valence-corrected chi connectivity index (χ3v) is 22.8. The maximum atomic E-state index is 10.7. The van der Waals surface area contributed by atoms with Gasteiger partial charge in [-0.2, -0.15) is 0 Å². The maximum Gasteiger partial charge on any atom is 0.233 e. The van der Waals surface area contributed by atoms with E-state index in [4.69, 9.17) is 9.69 Å². The summed E-state index contributed by atoms with van der Waals surface area (Å²) in [4.78, 5) is 10.5. The Bertz CT molecular complexity index is 6790. The number of aromatic nitrogens is 3. The van der Waals surface area contributed by atoms with Crippen LogP contribution in [0.2, 0.25) is 0 Å². The molecule has 20 aromatic rings. The van der Waals surface area contributed by atoms with E-state index < -0.39 is 5.92 Å². The first-order chi connectivity index (χ1) is 54.5. The molecule has 0 saturated heterocycles. The van der Waals surface area contributed by atoms with Crippen molar-refractivity contribution >= 4 is 76.8 Å². The van der Waals surface area contributed by atoms with Crippen molar-refractivity contribution in [1.29, 1.82) is 0 Å². The van der Waals surface area contributed by atoms with Gasteiger partial charge in [0.1, 0.15) is 0 Å². The lowest BCUT2D eigenvalue weighted by Crippen LogP contribution is -2.13. The lowest BCUT2D eigenvalue weighted by Gasteiger charge is -2.29. The van der Waals surface area contributed by atoms with Crippen LogP contribution >= 0.6 is 0 Å². The van der Waals surface area contributed by atoms with E-state index in [1.54, 1.807) is 0 Å². The highest BCUT2D eigenvalue weighted by Gasteiger charge is 2.40. The van der Waals surface area contributed by atoms with Crippen LogP contribution in [0.4, 0.5) is 11.4 Å². The third-order valence-electron chi connectivity index (χ3n) is 22.8.